The minimum absolute atomic E-state index is 0.675. The van der Waals surface area contributed by atoms with Crippen LogP contribution in [0.5, 0.6) is 0 Å². The van der Waals surface area contributed by atoms with Gasteiger partial charge in [-0.3, -0.25) is 0 Å². The monoisotopic (exact) mass is 929 g/mol. The van der Waals surface area contributed by atoms with Gasteiger partial charge in [0.05, 0.1) is 28.1 Å². The van der Waals surface area contributed by atoms with Gasteiger partial charge in [0, 0.05) is 49.7 Å². The number of benzene rings is 11. The Bertz CT molecular complexity index is 3810. The normalized spacial score (nSPS) is 11.3. The largest absolute Gasteiger partial charge is 0.307 e. The lowest BCUT2D eigenvalue weighted by atomic mass is 9.91. The molecular formula is C70H47N3. The van der Waals surface area contributed by atoms with E-state index in [0.29, 0.717) is 5.82 Å². The van der Waals surface area contributed by atoms with E-state index in [1.54, 1.807) is 0 Å². The van der Waals surface area contributed by atoms with Crippen molar-refractivity contribution in [3.63, 3.8) is 0 Å². The van der Waals surface area contributed by atoms with Crippen LogP contribution in [0.3, 0.4) is 0 Å². The van der Waals surface area contributed by atoms with Gasteiger partial charge < -0.3 is 4.57 Å². The van der Waals surface area contributed by atoms with Crippen LogP contribution in [0.4, 0.5) is 0 Å². The van der Waals surface area contributed by atoms with Gasteiger partial charge in [0.25, 0.3) is 0 Å². The van der Waals surface area contributed by atoms with Crippen LogP contribution in [0.15, 0.2) is 285 Å². The molecule has 2 aromatic heterocycles. The van der Waals surface area contributed by atoms with Gasteiger partial charge in [-0.05, 0) is 87.0 Å². The first-order chi connectivity index (χ1) is 36.2. The van der Waals surface area contributed by atoms with Gasteiger partial charge in [-0.25, -0.2) is 9.97 Å². The van der Waals surface area contributed by atoms with Gasteiger partial charge in [-0.2, -0.15) is 0 Å². The molecule has 342 valence electrons. The van der Waals surface area contributed by atoms with E-state index in [4.69, 9.17) is 9.97 Å². The van der Waals surface area contributed by atoms with Crippen LogP contribution < -0.4 is 0 Å². The number of hydrogen-bond donors (Lipinski definition) is 0. The molecule has 73 heavy (non-hydrogen) atoms. The predicted molar refractivity (Wildman–Crippen MR) is 305 cm³/mol. The third kappa shape index (κ3) is 8.19. The van der Waals surface area contributed by atoms with Crippen LogP contribution in [0, 0.1) is 0 Å². The smallest absolute Gasteiger partial charge is 0.160 e. The van der Waals surface area contributed by atoms with E-state index in [1.807, 2.05) is 24.3 Å². The van der Waals surface area contributed by atoms with Crippen molar-refractivity contribution < 1.29 is 0 Å². The Morgan fingerprint density at radius 3 is 0.877 bits per heavy atom. The lowest BCUT2D eigenvalue weighted by Gasteiger charge is -2.23. The second-order valence-electron chi connectivity index (χ2n) is 18.5. The zero-order valence-corrected chi connectivity index (χ0v) is 40.0. The van der Waals surface area contributed by atoms with Gasteiger partial charge >= 0.3 is 0 Å². The molecule has 3 heteroatoms. The third-order valence-corrected chi connectivity index (χ3v) is 14.0. The molecular weight excluding hydrogens is 883 g/mol. The molecule has 0 aliphatic carbocycles. The number of fused-ring (bicyclic) bond motifs is 3. The van der Waals surface area contributed by atoms with Crippen molar-refractivity contribution in [1.29, 1.82) is 0 Å². The zero-order valence-electron chi connectivity index (χ0n) is 40.0. The average Bonchev–Trinajstić information content (AvgIpc) is 3.81. The maximum Gasteiger partial charge on any atom is 0.160 e. The second kappa shape index (κ2) is 18.9. The van der Waals surface area contributed by atoms with E-state index in [2.05, 4.69) is 265 Å². The number of nitrogens with zero attached hydrogens (tertiary/aromatic N) is 3. The molecule has 13 rings (SSSR count). The molecule has 0 spiro atoms. The number of aromatic nitrogens is 3. The van der Waals surface area contributed by atoms with Crippen LogP contribution in [0.1, 0.15) is 0 Å². The molecule has 0 aliphatic heterocycles. The van der Waals surface area contributed by atoms with E-state index in [0.717, 1.165) is 100 Å². The topological polar surface area (TPSA) is 30.7 Å². The third-order valence-electron chi connectivity index (χ3n) is 14.0. The van der Waals surface area contributed by atoms with E-state index < -0.39 is 0 Å². The van der Waals surface area contributed by atoms with Crippen molar-refractivity contribution in [2.45, 2.75) is 0 Å². The maximum absolute atomic E-state index is 5.43. The highest BCUT2D eigenvalue weighted by Gasteiger charge is 2.27. The van der Waals surface area contributed by atoms with Crippen LogP contribution in [-0.2, 0) is 0 Å². The highest BCUT2D eigenvalue weighted by molar-refractivity contribution is 6.20. The quantitative estimate of drug-likeness (QED) is 0.137. The summed E-state index contributed by atoms with van der Waals surface area (Å²) in [5, 5.41) is 2.34. The standard InChI is InChI=1S/C70H47N3/c1-9-25-48(26-10-1)56-41-59(50-29-13-3-14-30-50)68-63(43-56)64-44-57(49-27-11-2-12-28-49)42-60(51-31-15-4-16-32-51)69(64)73(68)67-61(52-33-17-5-18-34-52)45-58(46-62(67)53-35-19-6-20-36-53)66-47-65(54-37-21-7-22-38-54)71-70(72-66)55-39-23-8-24-40-55/h1-47H. The molecule has 0 unspecified atom stereocenters. The first-order valence-electron chi connectivity index (χ1n) is 24.9. The Kier molecular flexibility index (Phi) is 11.2. The molecule has 0 saturated carbocycles. The Balaban J connectivity index is 1.23. The summed E-state index contributed by atoms with van der Waals surface area (Å²) in [6.45, 7) is 0. The van der Waals surface area contributed by atoms with Crippen molar-refractivity contribution in [2.75, 3.05) is 0 Å². The van der Waals surface area contributed by atoms with Crippen molar-refractivity contribution in [3.05, 3.63) is 285 Å². The van der Waals surface area contributed by atoms with Gasteiger partial charge in [0.1, 0.15) is 0 Å². The molecule has 0 atom stereocenters. The van der Waals surface area contributed by atoms with Crippen LogP contribution in [0.25, 0.3) is 128 Å². The van der Waals surface area contributed by atoms with E-state index in [9.17, 15) is 0 Å². The summed E-state index contributed by atoms with van der Waals surface area (Å²) in [6.07, 6.45) is 0. The SMILES string of the molecule is c1ccc(-c2cc(-c3ccccc3)c3c(c2)c2cc(-c4ccccc4)cc(-c4ccccc4)c2n3-c2c(-c3ccccc3)cc(-c3cc(-c4ccccc4)nc(-c4ccccc4)n3)cc2-c2ccccc2)cc1. The number of rotatable bonds is 10. The van der Waals surface area contributed by atoms with Crippen molar-refractivity contribution in [2.24, 2.45) is 0 Å². The predicted octanol–water partition coefficient (Wildman–Crippen LogP) is 18.6. The fourth-order valence-corrected chi connectivity index (χ4v) is 10.5. The van der Waals surface area contributed by atoms with Crippen LogP contribution >= 0.6 is 0 Å². The molecule has 0 aliphatic rings. The van der Waals surface area contributed by atoms with Gasteiger partial charge in [-0.1, -0.05) is 243 Å². The Labute approximate surface area is 425 Å². The van der Waals surface area contributed by atoms with E-state index in [-0.39, 0.29) is 0 Å². The molecule has 0 N–H and O–H groups in total. The summed E-state index contributed by atoms with van der Waals surface area (Å²) in [5.74, 6) is 0.675. The summed E-state index contributed by atoms with van der Waals surface area (Å²) < 4.78 is 2.61. The second-order valence-corrected chi connectivity index (χ2v) is 18.5. The van der Waals surface area contributed by atoms with Crippen molar-refractivity contribution in [1.82, 2.24) is 14.5 Å². The molecule has 2 heterocycles. The molecule has 0 fully saturated rings. The molecule has 0 saturated heterocycles. The van der Waals surface area contributed by atoms with Crippen molar-refractivity contribution >= 4 is 21.8 Å². The Morgan fingerprint density at radius 2 is 0.507 bits per heavy atom. The first-order valence-corrected chi connectivity index (χ1v) is 24.9. The van der Waals surface area contributed by atoms with Crippen molar-refractivity contribution in [3.8, 4) is 106 Å². The highest BCUT2D eigenvalue weighted by atomic mass is 15.0. The summed E-state index contributed by atoms with van der Waals surface area (Å²) >= 11 is 0. The lowest BCUT2D eigenvalue weighted by Crippen LogP contribution is -2.04. The fourth-order valence-electron chi connectivity index (χ4n) is 10.5. The minimum atomic E-state index is 0.675. The summed E-state index contributed by atoms with van der Waals surface area (Å²) in [7, 11) is 0. The summed E-state index contributed by atoms with van der Waals surface area (Å²) in [4.78, 5) is 10.6. The molecule has 11 aromatic carbocycles. The maximum atomic E-state index is 5.43. The Morgan fingerprint density at radius 1 is 0.219 bits per heavy atom. The average molecular weight is 930 g/mol. The van der Waals surface area contributed by atoms with E-state index >= 15 is 0 Å². The summed E-state index contributed by atoms with van der Waals surface area (Å²) in [6, 6.07) is 102. The molecule has 0 amide bonds. The van der Waals surface area contributed by atoms with Crippen LogP contribution in [-0.4, -0.2) is 14.5 Å². The Hall–Kier alpha value is -9.70. The first kappa shape index (κ1) is 43.3. The molecule has 3 nitrogen and oxygen atoms in total. The van der Waals surface area contributed by atoms with Gasteiger partial charge in [-0.15, -0.1) is 0 Å². The highest BCUT2D eigenvalue weighted by Crippen LogP contribution is 2.50. The molecule has 13 aromatic rings. The van der Waals surface area contributed by atoms with Crippen LogP contribution in [0.2, 0.25) is 0 Å². The lowest BCUT2D eigenvalue weighted by molar-refractivity contribution is 1.17. The fraction of sp³-hybridized carbons (Fsp3) is 0. The van der Waals surface area contributed by atoms with Gasteiger partial charge in [0.15, 0.2) is 5.82 Å². The van der Waals surface area contributed by atoms with E-state index in [1.165, 1.54) is 21.9 Å². The molecule has 0 bridgehead atoms. The minimum Gasteiger partial charge on any atom is -0.307 e. The summed E-state index contributed by atoms with van der Waals surface area (Å²) in [5.41, 5.74) is 21.6. The van der Waals surface area contributed by atoms with Gasteiger partial charge in [0.2, 0.25) is 0 Å². The zero-order chi connectivity index (χ0) is 48.5. The molecule has 0 radical (unpaired) electrons. The number of hydrogen-bond acceptors (Lipinski definition) is 2.